The van der Waals surface area contributed by atoms with Gasteiger partial charge in [-0.3, -0.25) is 14.9 Å². The molecule has 0 saturated heterocycles. The number of hydrogen-bond acceptors (Lipinski definition) is 3. The molecule has 1 rings (SSSR count). The smallest absolute Gasteiger partial charge is 0.305 e. The van der Waals surface area contributed by atoms with Gasteiger partial charge < -0.3 is 5.32 Å². The third-order valence-electron chi connectivity index (χ3n) is 2.67. The Morgan fingerprint density at radius 2 is 2.05 bits per heavy atom. The van der Waals surface area contributed by atoms with E-state index >= 15 is 0 Å². The van der Waals surface area contributed by atoms with Crippen LogP contribution in [0.3, 0.4) is 0 Å². The number of amides is 1. The topological polar surface area (TPSA) is 72.2 Å². The summed E-state index contributed by atoms with van der Waals surface area (Å²) in [5, 5.41) is 13.6. The first kappa shape index (κ1) is 16.5. The number of nitro benzene ring substituents is 1. The van der Waals surface area contributed by atoms with Crippen molar-refractivity contribution >= 4 is 27.5 Å². The summed E-state index contributed by atoms with van der Waals surface area (Å²) in [5.74, 6) is -3.63. The van der Waals surface area contributed by atoms with E-state index in [0.717, 1.165) is 0 Å². The van der Waals surface area contributed by atoms with Crippen molar-refractivity contribution in [3.8, 4) is 0 Å². The summed E-state index contributed by atoms with van der Waals surface area (Å²) < 4.78 is 27.4. The molecular formula is C12H13BrF2N2O3. The molecular weight excluding hydrogens is 338 g/mol. The van der Waals surface area contributed by atoms with Crippen LogP contribution in [0.25, 0.3) is 0 Å². The van der Waals surface area contributed by atoms with Gasteiger partial charge in [0.2, 0.25) is 5.82 Å². The molecule has 0 bridgehead atoms. The largest absolute Gasteiger partial charge is 0.347 e. The third-order valence-corrected chi connectivity index (χ3v) is 3.06. The fraction of sp³-hybridized carbons (Fsp3) is 0.417. The Labute approximate surface area is 122 Å². The van der Waals surface area contributed by atoms with Crippen LogP contribution in [0.4, 0.5) is 14.5 Å². The van der Waals surface area contributed by atoms with Crippen molar-refractivity contribution < 1.29 is 18.5 Å². The molecule has 1 aromatic carbocycles. The molecule has 110 valence electrons. The van der Waals surface area contributed by atoms with E-state index in [1.807, 2.05) is 0 Å². The van der Waals surface area contributed by atoms with Crippen LogP contribution in [0.1, 0.15) is 30.6 Å². The van der Waals surface area contributed by atoms with Gasteiger partial charge in [0.25, 0.3) is 5.91 Å². The Morgan fingerprint density at radius 1 is 1.45 bits per heavy atom. The second-order valence-corrected chi connectivity index (χ2v) is 5.58. The summed E-state index contributed by atoms with van der Waals surface area (Å²) in [6.45, 7) is 3.36. The molecule has 1 amide bonds. The summed E-state index contributed by atoms with van der Waals surface area (Å²) in [7, 11) is 0. The molecule has 0 radical (unpaired) electrons. The van der Waals surface area contributed by atoms with Crippen LogP contribution in [0, 0.1) is 21.7 Å². The quantitative estimate of drug-likeness (QED) is 0.503. The molecule has 0 saturated carbocycles. The minimum absolute atomic E-state index is 0.525. The van der Waals surface area contributed by atoms with E-state index in [9.17, 15) is 23.7 Å². The highest BCUT2D eigenvalue weighted by Gasteiger charge is 2.29. The molecule has 0 unspecified atom stereocenters. The number of carbonyl (C=O) groups is 1. The Morgan fingerprint density at radius 3 is 2.55 bits per heavy atom. The lowest BCUT2D eigenvalue weighted by atomic mass is 10.0. The fourth-order valence-corrected chi connectivity index (χ4v) is 2.55. The van der Waals surface area contributed by atoms with Crippen LogP contribution in [0.2, 0.25) is 0 Å². The maximum atomic E-state index is 13.8. The minimum Gasteiger partial charge on any atom is -0.347 e. The number of benzene rings is 1. The van der Waals surface area contributed by atoms with Crippen molar-refractivity contribution in [1.82, 2.24) is 5.32 Å². The Hall–Kier alpha value is -1.57. The second-order valence-electron chi connectivity index (χ2n) is 4.79. The summed E-state index contributed by atoms with van der Waals surface area (Å²) >= 11 is 3.20. The molecule has 0 aliphatic carbocycles. The predicted molar refractivity (Wildman–Crippen MR) is 73.0 cm³/mol. The first-order valence-corrected chi connectivity index (χ1v) is 6.82. The monoisotopic (exact) mass is 350 g/mol. The van der Waals surface area contributed by atoms with E-state index in [4.69, 9.17) is 0 Å². The number of halogens is 3. The molecule has 0 aliphatic heterocycles. The van der Waals surface area contributed by atoms with Gasteiger partial charge in [0.1, 0.15) is 11.4 Å². The van der Waals surface area contributed by atoms with Gasteiger partial charge in [-0.25, -0.2) is 4.39 Å². The third kappa shape index (κ3) is 3.72. The number of carbonyl (C=O) groups excluding carboxylic acids is 1. The van der Waals surface area contributed by atoms with Gasteiger partial charge in [0.05, 0.1) is 4.92 Å². The standard InChI is InChI=1S/C12H13BrF2N2O3/c1-12(2,5-6-13)16-11(18)9-7(14)3-4-8(10(9)15)17(19)20/h3-4H,5-6H2,1-2H3,(H,16,18). The molecule has 0 heterocycles. The van der Waals surface area contributed by atoms with Crippen LogP contribution in [-0.2, 0) is 0 Å². The Kier molecular flexibility index (Phi) is 5.15. The van der Waals surface area contributed by atoms with Crippen LogP contribution < -0.4 is 5.32 Å². The number of alkyl halides is 1. The van der Waals surface area contributed by atoms with E-state index in [0.29, 0.717) is 23.9 Å². The van der Waals surface area contributed by atoms with Crippen molar-refractivity contribution in [2.45, 2.75) is 25.8 Å². The van der Waals surface area contributed by atoms with E-state index in [1.54, 1.807) is 13.8 Å². The number of nitrogens with one attached hydrogen (secondary N) is 1. The molecule has 8 heteroatoms. The molecule has 0 fully saturated rings. The highest BCUT2D eigenvalue weighted by Crippen LogP contribution is 2.24. The van der Waals surface area contributed by atoms with Gasteiger partial charge in [-0.05, 0) is 26.3 Å². The highest BCUT2D eigenvalue weighted by atomic mass is 79.9. The maximum absolute atomic E-state index is 13.8. The van der Waals surface area contributed by atoms with Gasteiger partial charge in [-0.15, -0.1) is 0 Å². The maximum Gasteiger partial charge on any atom is 0.305 e. The van der Waals surface area contributed by atoms with Gasteiger partial charge in [-0.2, -0.15) is 4.39 Å². The van der Waals surface area contributed by atoms with Crippen molar-refractivity contribution in [1.29, 1.82) is 0 Å². The Balaban J connectivity index is 3.16. The van der Waals surface area contributed by atoms with E-state index < -0.39 is 39.3 Å². The van der Waals surface area contributed by atoms with E-state index in [-0.39, 0.29) is 0 Å². The second kappa shape index (κ2) is 6.25. The van der Waals surface area contributed by atoms with Crippen molar-refractivity contribution in [2.75, 3.05) is 5.33 Å². The average Bonchev–Trinajstić information content (AvgIpc) is 2.27. The van der Waals surface area contributed by atoms with Crippen molar-refractivity contribution in [2.24, 2.45) is 0 Å². The molecule has 0 spiro atoms. The van der Waals surface area contributed by atoms with Gasteiger partial charge in [0, 0.05) is 16.9 Å². The Bertz CT molecular complexity index is 550. The van der Waals surface area contributed by atoms with Gasteiger partial charge >= 0.3 is 5.69 Å². The first-order valence-electron chi connectivity index (χ1n) is 5.70. The van der Waals surface area contributed by atoms with Gasteiger partial charge in [-0.1, -0.05) is 15.9 Å². The fourth-order valence-electron chi connectivity index (χ4n) is 1.56. The van der Waals surface area contributed by atoms with Crippen LogP contribution in [0.15, 0.2) is 12.1 Å². The van der Waals surface area contributed by atoms with E-state index in [2.05, 4.69) is 21.2 Å². The van der Waals surface area contributed by atoms with Crippen molar-refractivity contribution in [3.05, 3.63) is 39.4 Å². The average molecular weight is 351 g/mol. The molecule has 1 aromatic rings. The molecule has 0 aromatic heterocycles. The lowest BCUT2D eigenvalue weighted by Crippen LogP contribution is -2.44. The zero-order chi connectivity index (χ0) is 15.5. The number of rotatable bonds is 5. The molecule has 1 N–H and O–H groups in total. The number of nitro groups is 1. The molecule has 20 heavy (non-hydrogen) atoms. The SMILES string of the molecule is CC(C)(CCBr)NC(=O)c1c(F)ccc([N+](=O)[O-])c1F. The highest BCUT2D eigenvalue weighted by molar-refractivity contribution is 9.09. The first-order chi connectivity index (χ1) is 9.19. The van der Waals surface area contributed by atoms with Crippen molar-refractivity contribution in [3.63, 3.8) is 0 Å². The van der Waals surface area contributed by atoms with E-state index in [1.165, 1.54) is 0 Å². The molecule has 5 nitrogen and oxygen atoms in total. The molecule has 0 aliphatic rings. The lowest BCUT2D eigenvalue weighted by molar-refractivity contribution is -0.387. The summed E-state index contributed by atoms with van der Waals surface area (Å²) in [4.78, 5) is 21.5. The lowest BCUT2D eigenvalue weighted by Gasteiger charge is -2.25. The normalized spacial score (nSPS) is 11.2. The predicted octanol–water partition coefficient (Wildman–Crippen LogP) is 3.17. The number of nitrogens with zero attached hydrogens (tertiary/aromatic N) is 1. The zero-order valence-corrected chi connectivity index (χ0v) is 12.5. The van der Waals surface area contributed by atoms with Crippen LogP contribution >= 0.6 is 15.9 Å². The summed E-state index contributed by atoms with van der Waals surface area (Å²) in [6.07, 6.45) is 0.525. The minimum atomic E-state index is -1.47. The summed E-state index contributed by atoms with van der Waals surface area (Å²) in [6, 6.07) is 1.39. The number of hydrogen-bond donors (Lipinski definition) is 1. The molecule has 0 atom stereocenters. The zero-order valence-electron chi connectivity index (χ0n) is 10.9. The summed E-state index contributed by atoms with van der Waals surface area (Å²) in [5.41, 5.74) is -2.58. The van der Waals surface area contributed by atoms with Crippen LogP contribution in [0.5, 0.6) is 0 Å². The van der Waals surface area contributed by atoms with Crippen LogP contribution in [-0.4, -0.2) is 21.7 Å². The van der Waals surface area contributed by atoms with Gasteiger partial charge in [0.15, 0.2) is 0 Å².